The lowest BCUT2D eigenvalue weighted by atomic mass is 10.2. The van der Waals surface area contributed by atoms with Gasteiger partial charge in [0.1, 0.15) is 11.6 Å². The molecule has 0 saturated heterocycles. The van der Waals surface area contributed by atoms with E-state index < -0.39 is 5.91 Å². The summed E-state index contributed by atoms with van der Waals surface area (Å²) < 4.78 is 4.91. The average molecular weight is 310 g/mol. The van der Waals surface area contributed by atoms with Crippen molar-refractivity contribution in [1.29, 1.82) is 5.26 Å². The van der Waals surface area contributed by atoms with Gasteiger partial charge in [0.15, 0.2) is 0 Å². The van der Waals surface area contributed by atoms with Gasteiger partial charge in [0.25, 0.3) is 5.91 Å². The van der Waals surface area contributed by atoms with Crippen molar-refractivity contribution in [3.05, 3.63) is 48.3 Å². The van der Waals surface area contributed by atoms with Crippen LogP contribution in [0.5, 0.6) is 0 Å². The highest BCUT2D eigenvalue weighted by molar-refractivity contribution is 5.98. The van der Waals surface area contributed by atoms with Gasteiger partial charge in [0.05, 0.1) is 11.2 Å². The highest BCUT2D eigenvalue weighted by atomic mass is 16.5. The van der Waals surface area contributed by atoms with Gasteiger partial charge >= 0.3 is 0 Å². The fourth-order valence-corrected chi connectivity index (χ4v) is 2.03. The van der Waals surface area contributed by atoms with Gasteiger partial charge in [-0.05, 0) is 18.6 Å². The number of ether oxygens (including phenoxy) is 1. The summed E-state index contributed by atoms with van der Waals surface area (Å²) >= 11 is 0. The van der Waals surface area contributed by atoms with Crippen molar-refractivity contribution in [2.24, 2.45) is 0 Å². The minimum atomic E-state index is -0.413. The third-order valence-electron chi connectivity index (χ3n) is 3.18. The molecule has 6 nitrogen and oxygen atoms in total. The quantitative estimate of drug-likeness (QED) is 0.465. The number of para-hydroxylation sites is 1. The van der Waals surface area contributed by atoms with E-state index in [4.69, 9.17) is 10.00 Å². The Morgan fingerprint density at radius 3 is 3.00 bits per heavy atom. The number of pyridine rings is 1. The number of nitrogens with zero attached hydrogens (tertiary/aromatic N) is 2. The molecule has 6 heteroatoms. The van der Waals surface area contributed by atoms with E-state index in [1.165, 1.54) is 6.20 Å². The van der Waals surface area contributed by atoms with Crippen LogP contribution in [0, 0.1) is 11.3 Å². The molecule has 1 heterocycles. The molecule has 1 amide bonds. The van der Waals surface area contributed by atoms with Gasteiger partial charge < -0.3 is 15.4 Å². The van der Waals surface area contributed by atoms with Crippen LogP contribution in [0.3, 0.4) is 0 Å². The minimum Gasteiger partial charge on any atom is -0.385 e. The topological polar surface area (TPSA) is 87.0 Å². The Balaban J connectivity index is 2.07. The number of carbonyl (C=O) groups is 1. The molecule has 2 N–H and O–H groups in total. The molecule has 1 aromatic heterocycles. The molecule has 0 spiro atoms. The molecule has 2 aromatic rings. The molecular weight excluding hydrogens is 292 g/mol. The van der Waals surface area contributed by atoms with Gasteiger partial charge in [-0.15, -0.1) is 0 Å². The predicted molar refractivity (Wildman–Crippen MR) is 88.6 cm³/mol. The number of rotatable bonds is 7. The second-order valence-corrected chi connectivity index (χ2v) is 4.80. The molecule has 0 radical (unpaired) electrons. The first-order valence-electron chi connectivity index (χ1n) is 7.24. The number of hydrogen-bond donors (Lipinski definition) is 2. The summed E-state index contributed by atoms with van der Waals surface area (Å²) in [5.74, 6) is -0.413. The fraction of sp³-hybridized carbons (Fsp3) is 0.235. The number of nitriles is 1. The zero-order chi connectivity index (χ0) is 16.5. The van der Waals surface area contributed by atoms with Gasteiger partial charge in [0.2, 0.25) is 0 Å². The smallest absolute Gasteiger partial charge is 0.263 e. The minimum absolute atomic E-state index is 0.00958. The zero-order valence-corrected chi connectivity index (χ0v) is 12.9. The molecule has 0 unspecified atom stereocenters. The SMILES string of the molecule is COCCCNC(=O)/C(C#N)=C\Nc1cccc2cccnc12. The second kappa shape index (κ2) is 8.51. The van der Waals surface area contributed by atoms with E-state index in [1.807, 2.05) is 36.4 Å². The van der Waals surface area contributed by atoms with Crippen LogP contribution >= 0.6 is 0 Å². The number of anilines is 1. The van der Waals surface area contributed by atoms with Crippen LogP contribution in [-0.2, 0) is 9.53 Å². The van der Waals surface area contributed by atoms with Gasteiger partial charge in [-0.2, -0.15) is 5.26 Å². The van der Waals surface area contributed by atoms with E-state index in [2.05, 4.69) is 15.6 Å². The van der Waals surface area contributed by atoms with Crippen molar-refractivity contribution in [1.82, 2.24) is 10.3 Å². The Kier molecular flexibility index (Phi) is 6.09. The Bertz CT molecular complexity index is 744. The lowest BCUT2D eigenvalue weighted by Gasteiger charge is -2.07. The van der Waals surface area contributed by atoms with Gasteiger partial charge in [-0.1, -0.05) is 18.2 Å². The molecule has 2 rings (SSSR count). The van der Waals surface area contributed by atoms with Crippen molar-refractivity contribution in [3.63, 3.8) is 0 Å². The number of carbonyl (C=O) groups excluding carboxylic acids is 1. The molecule has 0 saturated carbocycles. The maximum absolute atomic E-state index is 11.9. The first-order chi connectivity index (χ1) is 11.3. The average Bonchev–Trinajstić information content (AvgIpc) is 2.59. The Hall–Kier alpha value is -2.91. The highest BCUT2D eigenvalue weighted by Crippen LogP contribution is 2.20. The van der Waals surface area contributed by atoms with E-state index in [0.717, 1.165) is 16.6 Å². The zero-order valence-electron chi connectivity index (χ0n) is 12.9. The highest BCUT2D eigenvalue weighted by Gasteiger charge is 2.08. The molecule has 118 valence electrons. The monoisotopic (exact) mass is 310 g/mol. The molecule has 0 bridgehead atoms. The number of fused-ring (bicyclic) bond motifs is 1. The van der Waals surface area contributed by atoms with Crippen LogP contribution in [0.4, 0.5) is 5.69 Å². The lowest BCUT2D eigenvalue weighted by Crippen LogP contribution is -2.26. The molecule has 0 aliphatic rings. The first kappa shape index (κ1) is 16.5. The van der Waals surface area contributed by atoms with E-state index in [-0.39, 0.29) is 5.57 Å². The van der Waals surface area contributed by atoms with E-state index >= 15 is 0 Å². The Labute approximate surface area is 134 Å². The van der Waals surface area contributed by atoms with Crippen LogP contribution in [-0.4, -0.2) is 31.2 Å². The van der Waals surface area contributed by atoms with Crippen LogP contribution in [0.1, 0.15) is 6.42 Å². The van der Waals surface area contributed by atoms with Crippen molar-refractivity contribution in [2.45, 2.75) is 6.42 Å². The molecule has 0 aliphatic carbocycles. The van der Waals surface area contributed by atoms with Gasteiger partial charge in [0, 0.05) is 38.0 Å². The lowest BCUT2D eigenvalue weighted by molar-refractivity contribution is -0.117. The summed E-state index contributed by atoms with van der Waals surface area (Å²) in [7, 11) is 1.60. The first-order valence-corrected chi connectivity index (χ1v) is 7.24. The number of hydrogen-bond acceptors (Lipinski definition) is 5. The van der Waals surface area contributed by atoms with E-state index in [1.54, 1.807) is 13.3 Å². The molecule has 23 heavy (non-hydrogen) atoms. The van der Waals surface area contributed by atoms with Crippen LogP contribution in [0.25, 0.3) is 10.9 Å². The summed E-state index contributed by atoms with van der Waals surface area (Å²) in [4.78, 5) is 16.2. The third kappa shape index (κ3) is 4.53. The van der Waals surface area contributed by atoms with Crippen LogP contribution in [0.2, 0.25) is 0 Å². The summed E-state index contributed by atoms with van der Waals surface area (Å²) in [6, 6.07) is 11.4. The molecule has 0 aliphatic heterocycles. The summed E-state index contributed by atoms with van der Waals surface area (Å²) in [5, 5.41) is 15.8. The summed E-state index contributed by atoms with van der Waals surface area (Å²) in [6.45, 7) is 1.02. The third-order valence-corrected chi connectivity index (χ3v) is 3.18. The second-order valence-electron chi connectivity index (χ2n) is 4.80. The maximum atomic E-state index is 11.9. The van der Waals surface area contributed by atoms with Crippen molar-refractivity contribution < 1.29 is 9.53 Å². The standard InChI is InChI=1S/C17H18N4O2/c1-23-10-4-9-20-17(22)14(11-18)12-21-15-7-2-5-13-6-3-8-19-16(13)15/h2-3,5-8,12,21H,4,9-10H2,1H3,(H,20,22)/b14-12-. The summed E-state index contributed by atoms with van der Waals surface area (Å²) in [6.07, 6.45) is 3.79. The van der Waals surface area contributed by atoms with E-state index in [0.29, 0.717) is 19.6 Å². The van der Waals surface area contributed by atoms with E-state index in [9.17, 15) is 4.79 Å². The number of nitrogens with one attached hydrogen (secondary N) is 2. The Morgan fingerprint density at radius 2 is 2.22 bits per heavy atom. The van der Waals surface area contributed by atoms with Gasteiger partial charge in [-0.3, -0.25) is 9.78 Å². The number of aromatic nitrogens is 1. The molecule has 1 aromatic carbocycles. The predicted octanol–water partition coefficient (Wildman–Crippen LogP) is 2.21. The van der Waals surface area contributed by atoms with Crippen molar-refractivity contribution in [3.8, 4) is 6.07 Å². The normalized spacial score (nSPS) is 11.0. The number of amides is 1. The molecular formula is C17H18N4O2. The maximum Gasteiger partial charge on any atom is 0.263 e. The van der Waals surface area contributed by atoms with Crippen LogP contribution < -0.4 is 10.6 Å². The number of benzene rings is 1. The van der Waals surface area contributed by atoms with Crippen molar-refractivity contribution in [2.75, 3.05) is 25.6 Å². The van der Waals surface area contributed by atoms with Crippen molar-refractivity contribution >= 4 is 22.5 Å². The van der Waals surface area contributed by atoms with Gasteiger partial charge in [-0.25, -0.2) is 0 Å². The Morgan fingerprint density at radius 1 is 1.39 bits per heavy atom. The fourth-order valence-electron chi connectivity index (χ4n) is 2.03. The molecule has 0 atom stereocenters. The molecule has 0 fully saturated rings. The van der Waals surface area contributed by atoms with Crippen LogP contribution in [0.15, 0.2) is 48.3 Å². The number of methoxy groups -OCH3 is 1. The largest absolute Gasteiger partial charge is 0.385 e. The summed E-state index contributed by atoms with van der Waals surface area (Å²) in [5.41, 5.74) is 1.53.